The number of benzene rings is 2. The van der Waals surface area contributed by atoms with Crippen molar-refractivity contribution in [2.45, 2.75) is 31.7 Å². The van der Waals surface area contributed by atoms with Crippen LogP contribution >= 0.6 is 0 Å². The van der Waals surface area contributed by atoms with E-state index in [1.165, 1.54) is 5.56 Å². The van der Waals surface area contributed by atoms with Crippen LogP contribution in [-0.2, 0) is 16.8 Å². The number of carbonyl (C=O) groups is 1. The lowest BCUT2D eigenvalue weighted by Crippen LogP contribution is -2.49. The number of carbonyl (C=O) groups excluding carboxylic acids is 1. The molecule has 0 bridgehead atoms. The fourth-order valence-electron chi connectivity index (χ4n) is 3.93. The van der Waals surface area contributed by atoms with E-state index in [-0.39, 0.29) is 11.4 Å². The number of aryl methyl sites for hydroxylation is 1. The summed E-state index contributed by atoms with van der Waals surface area (Å²) in [5.41, 5.74) is 3.02. The number of rotatable bonds is 5. The number of amides is 1. The van der Waals surface area contributed by atoms with Crippen LogP contribution < -0.4 is 5.32 Å². The van der Waals surface area contributed by atoms with Gasteiger partial charge in [0.05, 0.1) is 12.0 Å². The highest BCUT2D eigenvalue weighted by atomic mass is 16.2. The highest BCUT2D eigenvalue weighted by Crippen LogP contribution is 2.36. The first-order chi connectivity index (χ1) is 14.1. The van der Waals surface area contributed by atoms with Gasteiger partial charge in [-0.05, 0) is 36.5 Å². The Kier molecular flexibility index (Phi) is 5.56. The molecule has 1 aromatic heterocycles. The first-order valence-electron chi connectivity index (χ1n) is 10.1. The number of aromatic nitrogens is 2. The monoisotopic (exact) mass is 386 g/mol. The zero-order valence-corrected chi connectivity index (χ0v) is 16.7. The predicted octanol–water partition coefficient (Wildman–Crippen LogP) is 3.96. The molecule has 1 saturated heterocycles. The summed E-state index contributed by atoms with van der Waals surface area (Å²) in [6.07, 6.45) is 5.73. The van der Waals surface area contributed by atoms with Crippen molar-refractivity contribution in [2.75, 3.05) is 18.4 Å². The van der Waals surface area contributed by atoms with E-state index in [2.05, 4.69) is 39.6 Å². The van der Waals surface area contributed by atoms with Crippen LogP contribution in [0.1, 0.15) is 29.5 Å². The highest BCUT2D eigenvalue weighted by Gasteiger charge is 2.38. The average Bonchev–Trinajstić information content (AvgIpc) is 2.77. The van der Waals surface area contributed by atoms with Gasteiger partial charge in [-0.2, -0.15) is 0 Å². The molecule has 2 aromatic carbocycles. The molecule has 0 spiro atoms. The predicted molar refractivity (Wildman–Crippen MR) is 114 cm³/mol. The molecule has 4 rings (SSSR count). The number of anilines is 1. The molecule has 2 heterocycles. The van der Waals surface area contributed by atoms with E-state index in [9.17, 15) is 4.79 Å². The van der Waals surface area contributed by atoms with Crippen LogP contribution in [0.3, 0.4) is 0 Å². The molecule has 29 heavy (non-hydrogen) atoms. The molecule has 0 aliphatic carbocycles. The molecular formula is C24H26N4O. The number of nitrogens with one attached hydrogen (secondary N) is 1. The quantitative estimate of drug-likeness (QED) is 0.721. The third-order valence-electron chi connectivity index (χ3n) is 5.63. The second-order valence-corrected chi connectivity index (χ2v) is 7.70. The molecule has 0 unspecified atom stereocenters. The maximum absolute atomic E-state index is 12.8. The Hall–Kier alpha value is -3.21. The van der Waals surface area contributed by atoms with E-state index in [4.69, 9.17) is 0 Å². The molecule has 5 nitrogen and oxygen atoms in total. The minimum Gasteiger partial charge on any atom is -0.345 e. The first-order valence-corrected chi connectivity index (χ1v) is 10.1. The number of hydrogen-bond acceptors (Lipinski definition) is 4. The molecule has 1 amide bonds. The lowest BCUT2D eigenvalue weighted by Gasteiger charge is -2.43. The van der Waals surface area contributed by atoms with Crippen molar-refractivity contribution in [3.63, 3.8) is 0 Å². The zero-order chi connectivity index (χ0) is 20.1. The molecule has 148 valence electrons. The molecule has 0 radical (unpaired) electrons. The van der Waals surface area contributed by atoms with Gasteiger partial charge in [-0.25, -0.2) is 9.97 Å². The summed E-state index contributed by atoms with van der Waals surface area (Å²) in [5.74, 6) is 0.813. The van der Waals surface area contributed by atoms with Gasteiger partial charge in [0.15, 0.2) is 0 Å². The molecule has 1 N–H and O–H groups in total. The Labute approximate surface area is 171 Å². The topological polar surface area (TPSA) is 58.1 Å². The van der Waals surface area contributed by atoms with Gasteiger partial charge in [0.2, 0.25) is 11.9 Å². The van der Waals surface area contributed by atoms with Crippen LogP contribution in [0.15, 0.2) is 73.1 Å². The van der Waals surface area contributed by atoms with Crippen LogP contribution in [0.2, 0.25) is 0 Å². The second-order valence-electron chi connectivity index (χ2n) is 7.70. The zero-order valence-electron chi connectivity index (χ0n) is 16.7. The summed E-state index contributed by atoms with van der Waals surface area (Å²) in [6, 6.07) is 20.4. The minimum absolute atomic E-state index is 0.185. The molecule has 0 atom stereocenters. The molecule has 1 aliphatic heterocycles. The van der Waals surface area contributed by atoms with Crippen LogP contribution in [0.25, 0.3) is 0 Å². The van der Waals surface area contributed by atoms with Crippen molar-refractivity contribution in [1.29, 1.82) is 0 Å². The van der Waals surface area contributed by atoms with Crippen molar-refractivity contribution in [2.24, 2.45) is 0 Å². The van der Waals surface area contributed by atoms with E-state index in [1.807, 2.05) is 60.6 Å². The number of hydrogen-bond donors (Lipinski definition) is 1. The maximum atomic E-state index is 12.8. The summed E-state index contributed by atoms with van der Waals surface area (Å²) < 4.78 is 0. The van der Waals surface area contributed by atoms with E-state index < -0.39 is 0 Å². The van der Waals surface area contributed by atoms with Gasteiger partial charge in [0, 0.05) is 25.5 Å². The Morgan fingerprint density at radius 1 is 0.966 bits per heavy atom. The maximum Gasteiger partial charge on any atom is 0.226 e. The largest absolute Gasteiger partial charge is 0.345 e. The van der Waals surface area contributed by atoms with Crippen molar-refractivity contribution >= 4 is 11.9 Å². The summed E-state index contributed by atoms with van der Waals surface area (Å²) >= 11 is 0. The Morgan fingerprint density at radius 2 is 1.55 bits per heavy atom. The van der Waals surface area contributed by atoms with Gasteiger partial charge < -0.3 is 10.2 Å². The van der Waals surface area contributed by atoms with Crippen LogP contribution in [0, 0.1) is 6.92 Å². The second kappa shape index (κ2) is 8.43. The lowest BCUT2D eigenvalue weighted by atomic mass is 9.80. The van der Waals surface area contributed by atoms with Gasteiger partial charge in [0.1, 0.15) is 0 Å². The van der Waals surface area contributed by atoms with Crippen LogP contribution in [-0.4, -0.2) is 33.9 Å². The molecule has 0 saturated carbocycles. The minimum atomic E-state index is -0.278. The van der Waals surface area contributed by atoms with Gasteiger partial charge in [0.25, 0.3) is 0 Å². The first kappa shape index (κ1) is 19.1. The third-order valence-corrected chi connectivity index (χ3v) is 5.63. The molecule has 1 aliphatic rings. The Morgan fingerprint density at radius 3 is 2.17 bits per heavy atom. The van der Waals surface area contributed by atoms with E-state index in [1.54, 1.807) is 0 Å². The van der Waals surface area contributed by atoms with Crippen molar-refractivity contribution in [1.82, 2.24) is 14.9 Å². The molecule has 1 fully saturated rings. The van der Waals surface area contributed by atoms with E-state index >= 15 is 0 Å². The van der Waals surface area contributed by atoms with Crippen molar-refractivity contribution < 1.29 is 4.79 Å². The van der Waals surface area contributed by atoms with Crippen molar-refractivity contribution in [3.8, 4) is 0 Å². The standard InChI is InChI=1S/C24H26N4O/c1-19-17-25-23(26-18-19)27-24(21-10-6-3-7-11-21)12-14-28(15-13-24)22(29)16-20-8-4-2-5-9-20/h2-11,17-18H,12-16H2,1H3,(H,25,26,27). The number of likely N-dealkylation sites (tertiary alicyclic amines) is 1. The van der Waals surface area contributed by atoms with Crippen LogP contribution in [0.4, 0.5) is 5.95 Å². The third kappa shape index (κ3) is 4.45. The van der Waals surface area contributed by atoms with Gasteiger partial charge in [-0.3, -0.25) is 4.79 Å². The average molecular weight is 386 g/mol. The fraction of sp³-hybridized carbons (Fsp3) is 0.292. The summed E-state index contributed by atoms with van der Waals surface area (Å²) in [5, 5.41) is 3.59. The molecular weight excluding hydrogens is 360 g/mol. The van der Waals surface area contributed by atoms with Gasteiger partial charge in [-0.15, -0.1) is 0 Å². The van der Waals surface area contributed by atoms with Gasteiger partial charge >= 0.3 is 0 Å². The van der Waals surface area contributed by atoms with E-state index in [0.717, 1.165) is 24.0 Å². The van der Waals surface area contributed by atoms with Crippen LogP contribution in [0.5, 0.6) is 0 Å². The normalized spacial score (nSPS) is 15.7. The fourth-order valence-corrected chi connectivity index (χ4v) is 3.93. The van der Waals surface area contributed by atoms with Crippen molar-refractivity contribution in [3.05, 3.63) is 89.7 Å². The molecule has 5 heteroatoms. The molecule has 3 aromatic rings. The number of piperidine rings is 1. The number of nitrogens with zero attached hydrogens (tertiary/aromatic N) is 3. The Bertz CT molecular complexity index is 934. The Balaban J connectivity index is 1.50. The summed E-state index contributed by atoms with van der Waals surface area (Å²) in [4.78, 5) is 23.7. The highest BCUT2D eigenvalue weighted by molar-refractivity contribution is 5.79. The SMILES string of the molecule is Cc1cnc(NC2(c3ccccc3)CCN(C(=O)Cc3ccccc3)CC2)nc1. The van der Waals surface area contributed by atoms with E-state index in [0.29, 0.717) is 25.5 Å². The lowest BCUT2D eigenvalue weighted by molar-refractivity contribution is -0.131. The summed E-state index contributed by atoms with van der Waals surface area (Å²) in [6.45, 7) is 3.40. The smallest absolute Gasteiger partial charge is 0.226 e. The van der Waals surface area contributed by atoms with Gasteiger partial charge in [-0.1, -0.05) is 60.7 Å². The summed E-state index contributed by atoms with van der Waals surface area (Å²) in [7, 11) is 0.